The molecule has 1 N–H and O–H groups in total. The van der Waals surface area contributed by atoms with Crippen LogP contribution in [0.2, 0.25) is 0 Å². The van der Waals surface area contributed by atoms with Gasteiger partial charge in [0, 0.05) is 17.9 Å². The van der Waals surface area contributed by atoms with Crippen molar-refractivity contribution in [3.63, 3.8) is 0 Å². The van der Waals surface area contributed by atoms with Gasteiger partial charge in [0.15, 0.2) is 9.84 Å². The molecule has 2 aliphatic rings. The molecule has 2 atom stereocenters. The van der Waals surface area contributed by atoms with Crippen LogP contribution in [-0.4, -0.2) is 35.6 Å². The van der Waals surface area contributed by atoms with Crippen LogP contribution in [0.4, 0.5) is 5.82 Å². The molecule has 2 fully saturated rings. The standard InChI is InChI=1S/C15H23N3O3S/c1-3-10(2)15(19)16-14-8-13(11-4-5-11)17-18(14)12-6-7-22(20,21)9-12/h8,10-12H,3-7,9H2,1-2H3,(H,16,19)/t10-,12-/m0/s1. The molecule has 122 valence electrons. The lowest BCUT2D eigenvalue weighted by atomic mass is 10.1. The SMILES string of the molecule is CC[C@H](C)C(=O)Nc1cc(C2CC2)nn1[C@H]1CCS(=O)(=O)C1. The Hall–Kier alpha value is -1.37. The smallest absolute Gasteiger partial charge is 0.228 e. The van der Waals surface area contributed by atoms with E-state index >= 15 is 0 Å². The first kappa shape index (κ1) is 15.5. The number of nitrogens with zero attached hydrogens (tertiary/aromatic N) is 2. The summed E-state index contributed by atoms with van der Waals surface area (Å²) in [5.41, 5.74) is 0.976. The quantitative estimate of drug-likeness (QED) is 0.899. The number of rotatable bonds is 5. The van der Waals surface area contributed by atoms with Crippen LogP contribution in [0.1, 0.15) is 57.2 Å². The van der Waals surface area contributed by atoms with Crippen molar-refractivity contribution >= 4 is 21.6 Å². The summed E-state index contributed by atoms with van der Waals surface area (Å²) in [6.45, 7) is 3.86. The predicted molar refractivity (Wildman–Crippen MR) is 84.6 cm³/mol. The van der Waals surface area contributed by atoms with Crippen LogP contribution in [0, 0.1) is 5.92 Å². The van der Waals surface area contributed by atoms with E-state index in [2.05, 4.69) is 10.4 Å². The van der Waals surface area contributed by atoms with E-state index in [1.165, 1.54) is 0 Å². The number of aromatic nitrogens is 2. The molecule has 1 aromatic heterocycles. The van der Waals surface area contributed by atoms with Crippen LogP contribution < -0.4 is 5.32 Å². The normalized spacial score (nSPS) is 25.1. The maximum absolute atomic E-state index is 12.2. The second kappa shape index (κ2) is 5.68. The van der Waals surface area contributed by atoms with Gasteiger partial charge in [-0.25, -0.2) is 13.1 Å². The minimum Gasteiger partial charge on any atom is -0.311 e. The molecule has 0 aromatic carbocycles. The Kier molecular flexibility index (Phi) is 4.01. The zero-order valence-corrected chi connectivity index (χ0v) is 13.9. The Labute approximate surface area is 131 Å². The fourth-order valence-corrected chi connectivity index (χ4v) is 4.46. The number of nitrogens with one attached hydrogen (secondary N) is 1. The first-order valence-electron chi connectivity index (χ1n) is 8.00. The molecule has 1 amide bonds. The van der Waals surface area contributed by atoms with Crippen molar-refractivity contribution in [2.75, 3.05) is 16.8 Å². The van der Waals surface area contributed by atoms with Gasteiger partial charge in [-0.3, -0.25) is 4.79 Å². The molecule has 1 saturated heterocycles. The highest BCUT2D eigenvalue weighted by molar-refractivity contribution is 7.91. The number of sulfone groups is 1. The average molecular weight is 325 g/mol. The van der Waals surface area contributed by atoms with Crippen molar-refractivity contribution in [3.05, 3.63) is 11.8 Å². The summed E-state index contributed by atoms with van der Waals surface area (Å²) in [6, 6.07) is 1.76. The van der Waals surface area contributed by atoms with E-state index < -0.39 is 9.84 Å². The molecule has 22 heavy (non-hydrogen) atoms. The maximum Gasteiger partial charge on any atom is 0.228 e. The number of hydrogen-bond acceptors (Lipinski definition) is 4. The summed E-state index contributed by atoms with van der Waals surface area (Å²) in [5.74, 6) is 1.33. The molecule has 2 heterocycles. The third-order valence-corrected chi connectivity index (χ3v) is 6.37. The van der Waals surface area contributed by atoms with E-state index in [1.807, 2.05) is 19.9 Å². The molecule has 3 rings (SSSR count). The summed E-state index contributed by atoms with van der Waals surface area (Å²) in [4.78, 5) is 12.2. The Morgan fingerprint density at radius 2 is 2.18 bits per heavy atom. The lowest BCUT2D eigenvalue weighted by Crippen LogP contribution is -2.23. The van der Waals surface area contributed by atoms with Crippen LogP contribution in [0.15, 0.2) is 6.07 Å². The van der Waals surface area contributed by atoms with Gasteiger partial charge in [0.2, 0.25) is 5.91 Å². The average Bonchev–Trinajstić information content (AvgIpc) is 3.15. The summed E-state index contributed by atoms with van der Waals surface area (Å²) in [6.07, 6.45) is 3.59. The van der Waals surface area contributed by atoms with E-state index in [-0.39, 0.29) is 29.4 Å². The first-order valence-corrected chi connectivity index (χ1v) is 9.82. The highest BCUT2D eigenvalue weighted by Crippen LogP contribution is 2.41. The van der Waals surface area contributed by atoms with E-state index in [1.54, 1.807) is 4.68 Å². The predicted octanol–water partition coefficient (Wildman–Crippen LogP) is 2.10. The fourth-order valence-electron chi connectivity index (χ4n) is 2.77. The van der Waals surface area contributed by atoms with Crippen LogP contribution in [0.25, 0.3) is 0 Å². The monoisotopic (exact) mass is 325 g/mol. The Morgan fingerprint density at radius 1 is 1.45 bits per heavy atom. The molecule has 0 unspecified atom stereocenters. The molecule has 7 heteroatoms. The molecule has 0 radical (unpaired) electrons. The number of carbonyl (C=O) groups excluding carboxylic acids is 1. The van der Waals surface area contributed by atoms with Gasteiger partial charge >= 0.3 is 0 Å². The van der Waals surface area contributed by atoms with E-state index in [9.17, 15) is 13.2 Å². The maximum atomic E-state index is 12.2. The molecule has 6 nitrogen and oxygen atoms in total. The van der Waals surface area contributed by atoms with Crippen molar-refractivity contribution in [2.24, 2.45) is 5.92 Å². The van der Waals surface area contributed by atoms with Crippen LogP contribution in [0.5, 0.6) is 0 Å². The minimum atomic E-state index is -2.98. The van der Waals surface area contributed by atoms with Gasteiger partial charge in [0.05, 0.1) is 23.2 Å². The highest BCUT2D eigenvalue weighted by Gasteiger charge is 2.34. The lowest BCUT2D eigenvalue weighted by Gasteiger charge is -2.15. The van der Waals surface area contributed by atoms with E-state index in [0.29, 0.717) is 18.2 Å². The largest absolute Gasteiger partial charge is 0.311 e. The van der Waals surface area contributed by atoms with Gasteiger partial charge in [-0.1, -0.05) is 13.8 Å². The second-order valence-electron chi connectivity index (χ2n) is 6.53. The molecule has 0 bridgehead atoms. The lowest BCUT2D eigenvalue weighted by molar-refractivity contribution is -0.119. The Bertz CT molecular complexity index is 676. The van der Waals surface area contributed by atoms with Crippen molar-refractivity contribution in [1.29, 1.82) is 0 Å². The van der Waals surface area contributed by atoms with Gasteiger partial charge in [-0.2, -0.15) is 5.10 Å². The van der Waals surface area contributed by atoms with Crippen molar-refractivity contribution in [2.45, 2.75) is 51.5 Å². The van der Waals surface area contributed by atoms with Crippen LogP contribution >= 0.6 is 0 Å². The van der Waals surface area contributed by atoms with Crippen molar-refractivity contribution < 1.29 is 13.2 Å². The summed E-state index contributed by atoms with van der Waals surface area (Å²) >= 11 is 0. The first-order chi connectivity index (χ1) is 10.4. The summed E-state index contributed by atoms with van der Waals surface area (Å²) in [5, 5.41) is 7.53. The molecular weight excluding hydrogens is 302 g/mol. The summed E-state index contributed by atoms with van der Waals surface area (Å²) in [7, 11) is -2.98. The molecular formula is C15H23N3O3S. The molecule has 1 aliphatic heterocycles. The Morgan fingerprint density at radius 3 is 2.73 bits per heavy atom. The van der Waals surface area contributed by atoms with Crippen molar-refractivity contribution in [3.8, 4) is 0 Å². The molecule has 1 aromatic rings. The van der Waals surface area contributed by atoms with Gasteiger partial charge < -0.3 is 5.32 Å². The van der Waals surface area contributed by atoms with Gasteiger partial charge in [0.25, 0.3) is 0 Å². The molecule has 1 aliphatic carbocycles. The van der Waals surface area contributed by atoms with E-state index in [4.69, 9.17) is 0 Å². The third-order valence-electron chi connectivity index (χ3n) is 4.62. The Balaban J connectivity index is 1.86. The van der Waals surface area contributed by atoms with Crippen LogP contribution in [-0.2, 0) is 14.6 Å². The topological polar surface area (TPSA) is 81.1 Å². The van der Waals surface area contributed by atoms with Crippen molar-refractivity contribution in [1.82, 2.24) is 9.78 Å². The third kappa shape index (κ3) is 3.19. The van der Waals surface area contributed by atoms with Gasteiger partial charge in [-0.15, -0.1) is 0 Å². The number of anilines is 1. The van der Waals surface area contributed by atoms with Gasteiger partial charge in [0.1, 0.15) is 5.82 Å². The second-order valence-corrected chi connectivity index (χ2v) is 8.76. The highest BCUT2D eigenvalue weighted by atomic mass is 32.2. The molecule has 1 saturated carbocycles. The van der Waals surface area contributed by atoms with E-state index in [0.717, 1.165) is 25.0 Å². The fraction of sp³-hybridized carbons (Fsp3) is 0.733. The number of carbonyl (C=O) groups is 1. The van der Waals surface area contributed by atoms with Crippen LogP contribution in [0.3, 0.4) is 0 Å². The minimum absolute atomic E-state index is 0.0353. The number of amides is 1. The summed E-state index contributed by atoms with van der Waals surface area (Å²) < 4.78 is 25.2. The molecule has 0 spiro atoms. The zero-order chi connectivity index (χ0) is 15.9. The zero-order valence-electron chi connectivity index (χ0n) is 13.1. The van der Waals surface area contributed by atoms with Gasteiger partial charge in [-0.05, 0) is 25.7 Å². The number of hydrogen-bond donors (Lipinski definition) is 1.